The fraction of sp³-hybridized carbons (Fsp3) is 0. The van der Waals surface area contributed by atoms with Gasteiger partial charge in [-0.15, -0.1) is 12.4 Å². The van der Waals surface area contributed by atoms with Crippen LogP contribution in [0.25, 0.3) is 0 Å². The molecule has 0 saturated carbocycles. The van der Waals surface area contributed by atoms with Crippen LogP contribution in [0, 0.1) is 0 Å². The highest BCUT2D eigenvalue weighted by Crippen LogP contribution is 2.02. The van der Waals surface area contributed by atoms with Gasteiger partial charge < -0.3 is 5.48 Å². The highest BCUT2D eigenvalue weighted by atomic mass is 35.5. The van der Waals surface area contributed by atoms with E-state index in [1.807, 2.05) is 0 Å². The van der Waals surface area contributed by atoms with Crippen LogP contribution in [0.2, 0.25) is 0 Å². The maximum Gasteiger partial charge on any atom is 0.238 e. The lowest BCUT2D eigenvalue weighted by Gasteiger charge is -1.93. The zero-order valence-electron chi connectivity index (χ0n) is 6.10. The van der Waals surface area contributed by atoms with E-state index < -0.39 is 10.0 Å². The van der Waals surface area contributed by atoms with E-state index in [0.717, 1.165) is 0 Å². The van der Waals surface area contributed by atoms with Gasteiger partial charge in [-0.2, -0.15) is 0 Å². The Bertz CT molecular complexity index is 311. The van der Waals surface area contributed by atoms with E-state index in [0.29, 0.717) is 0 Å². The molecule has 0 heterocycles. The monoisotopic (exact) mass is 211 g/mol. The van der Waals surface area contributed by atoms with Crippen molar-refractivity contribution in [3.63, 3.8) is 0 Å². The minimum Gasteiger partial charge on any atom is -0.412 e. The standard InChI is InChI=1S/C6H7NO2S.ClH.H2O/c7-10(8,9)6-4-2-1-3-5-6;;/h1-5H,(H2,7,8,9);1H;1H2. The third-order valence-corrected chi connectivity index (χ3v) is 2.00. The molecule has 1 aromatic carbocycles. The van der Waals surface area contributed by atoms with Crippen molar-refractivity contribution in [1.82, 2.24) is 0 Å². The first-order valence-electron chi connectivity index (χ1n) is 2.68. The van der Waals surface area contributed by atoms with E-state index in [1.165, 1.54) is 12.1 Å². The second-order valence-corrected chi connectivity index (χ2v) is 3.42. The van der Waals surface area contributed by atoms with Gasteiger partial charge in [0.05, 0.1) is 4.90 Å². The van der Waals surface area contributed by atoms with E-state index in [4.69, 9.17) is 5.14 Å². The summed E-state index contributed by atoms with van der Waals surface area (Å²) in [6, 6.07) is 7.89. The Kier molecular flexibility index (Phi) is 5.92. The lowest BCUT2D eigenvalue weighted by Crippen LogP contribution is -2.11. The number of nitrogens with two attached hydrogens (primary N) is 1. The van der Waals surface area contributed by atoms with Crippen molar-refractivity contribution in [3.05, 3.63) is 30.3 Å². The third kappa shape index (κ3) is 3.68. The topological polar surface area (TPSA) is 91.7 Å². The van der Waals surface area contributed by atoms with Gasteiger partial charge in [0.25, 0.3) is 0 Å². The van der Waals surface area contributed by atoms with Crippen LogP contribution in [-0.4, -0.2) is 13.9 Å². The molecule has 70 valence electrons. The summed E-state index contributed by atoms with van der Waals surface area (Å²) in [5.74, 6) is 0. The number of sulfonamides is 1. The molecule has 6 heteroatoms. The first-order chi connectivity index (χ1) is 4.61. The molecule has 0 aliphatic carbocycles. The molecule has 0 aliphatic rings. The van der Waals surface area contributed by atoms with Crippen LogP contribution < -0.4 is 5.14 Å². The molecule has 0 aliphatic heterocycles. The van der Waals surface area contributed by atoms with E-state index >= 15 is 0 Å². The molecule has 0 bridgehead atoms. The predicted octanol–water partition coefficient (Wildman–Crippen LogP) is -0.0689. The zero-order chi connectivity index (χ0) is 7.61. The van der Waals surface area contributed by atoms with Gasteiger partial charge in [0.15, 0.2) is 0 Å². The molecular weight excluding hydrogens is 202 g/mol. The summed E-state index contributed by atoms with van der Waals surface area (Å²) in [6.45, 7) is 0. The van der Waals surface area contributed by atoms with Gasteiger partial charge in [-0.25, -0.2) is 13.6 Å². The fourth-order valence-electron chi connectivity index (χ4n) is 0.610. The van der Waals surface area contributed by atoms with Crippen molar-refractivity contribution < 1.29 is 13.9 Å². The molecule has 0 unspecified atom stereocenters. The van der Waals surface area contributed by atoms with Gasteiger partial charge in [-0.3, -0.25) is 0 Å². The summed E-state index contributed by atoms with van der Waals surface area (Å²) in [4.78, 5) is 0.148. The van der Waals surface area contributed by atoms with Gasteiger partial charge in [0.2, 0.25) is 10.0 Å². The third-order valence-electron chi connectivity index (χ3n) is 1.07. The second kappa shape index (κ2) is 5.10. The van der Waals surface area contributed by atoms with Crippen molar-refractivity contribution in [1.29, 1.82) is 0 Å². The van der Waals surface area contributed by atoms with Crippen LogP contribution in [-0.2, 0) is 10.0 Å². The average molecular weight is 212 g/mol. The van der Waals surface area contributed by atoms with Gasteiger partial charge in [-0.05, 0) is 12.1 Å². The zero-order valence-corrected chi connectivity index (χ0v) is 7.73. The Hall–Kier alpha value is -0.620. The molecule has 0 spiro atoms. The van der Waals surface area contributed by atoms with Crippen LogP contribution in [0.4, 0.5) is 0 Å². The van der Waals surface area contributed by atoms with Crippen LogP contribution in [0.1, 0.15) is 0 Å². The molecule has 4 nitrogen and oxygen atoms in total. The smallest absolute Gasteiger partial charge is 0.238 e. The SMILES string of the molecule is Cl.NS(=O)(=O)c1ccccc1.O. The van der Waals surface area contributed by atoms with Crippen LogP contribution in [0.3, 0.4) is 0 Å². The molecule has 0 fully saturated rings. The Balaban J connectivity index is 0. The molecule has 0 amide bonds. The van der Waals surface area contributed by atoms with Crippen LogP contribution >= 0.6 is 12.4 Å². The Labute approximate surface area is 77.2 Å². The summed E-state index contributed by atoms with van der Waals surface area (Å²) in [6.07, 6.45) is 0. The number of rotatable bonds is 1. The molecule has 12 heavy (non-hydrogen) atoms. The fourth-order valence-corrected chi connectivity index (χ4v) is 1.15. The molecule has 4 N–H and O–H groups in total. The highest BCUT2D eigenvalue weighted by molar-refractivity contribution is 7.89. The summed E-state index contributed by atoms with van der Waals surface area (Å²) in [7, 11) is -3.50. The largest absolute Gasteiger partial charge is 0.412 e. The van der Waals surface area contributed by atoms with E-state index in [2.05, 4.69) is 0 Å². The van der Waals surface area contributed by atoms with Gasteiger partial charge in [0, 0.05) is 0 Å². The van der Waals surface area contributed by atoms with Crippen molar-refractivity contribution in [2.75, 3.05) is 0 Å². The average Bonchev–Trinajstić information content (AvgIpc) is 1.88. The molecule has 0 atom stereocenters. The number of primary sulfonamides is 1. The van der Waals surface area contributed by atoms with Gasteiger partial charge in [0.1, 0.15) is 0 Å². The van der Waals surface area contributed by atoms with Crippen LogP contribution in [0.15, 0.2) is 35.2 Å². The highest BCUT2D eigenvalue weighted by Gasteiger charge is 2.03. The predicted molar refractivity (Wildman–Crippen MR) is 48.7 cm³/mol. The maximum atomic E-state index is 10.6. The first kappa shape index (κ1) is 13.9. The molecule has 0 aromatic heterocycles. The van der Waals surface area contributed by atoms with Crippen molar-refractivity contribution in [2.45, 2.75) is 4.90 Å². The van der Waals surface area contributed by atoms with E-state index in [-0.39, 0.29) is 22.8 Å². The van der Waals surface area contributed by atoms with Gasteiger partial charge in [-0.1, -0.05) is 18.2 Å². The summed E-state index contributed by atoms with van der Waals surface area (Å²) in [5.41, 5.74) is 0. The summed E-state index contributed by atoms with van der Waals surface area (Å²) in [5, 5.41) is 4.83. The minimum absolute atomic E-state index is 0. The number of halogens is 1. The summed E-state index contributed by atoms with van der Waals surface area (Å²) < 4.78 is 21.2. The number of hydrogen-bond donors (Lipinski definition) is 1. The maximum absolute atomic E-state index is 10.6. The Morgan fingerprint density at radius 2 is 1.50 bits per heavy atom. The van der Waals surface area contributed by atoms with Crippen LogP contribution in [0.5, 0.6) is 0 Å². The molecule has 1 aromatic rings. The van der Waals surface area contributed by atoms with Crippen molar-refractivity contribution >= 4 is 22.4 Å². The lowest BCUT2D eigenvalue weighted by molar-refractivity contribution is 0.598. The quantitative estimate of drug-likeness (QED) is 0.705. The van der Waals surface area contributed by atoms with E-state index in [9.17, 15) is 8.42 Å². The molecular formula is C6H10ClNO3S. The normalized spacial score (nSPS) is 9.42. The number of benzene rings is 1. The minimum atomic E-state index is -3.50. The Morgan fingerprint density at radius 3 is 1.75 bits per heavy atom. The number of hydrogen-bond acceptors (Lipinski definition) is 2. The van der Waals surface area contributed by atoms with E-state index in [1.54, 1.807) is 18.2 Å². The van der Waals surface area contributed by atoms with Gasteiger partial charge >= 0.3 is 0 Å². The second-order valence-electron chi connectivity index (χ2n) is 1.86. The molecule has 0 radical (unpaired) electrons. The summed E-state index contributed by atoms with van der Waals surface area (Å²) >= 11 is 0. The van der Waals surface area contributed by atoms with Crippen molar-refractivity contribution in [3.8, 4) is 0 Å². The Morgan fingerprint density at radius 1 is 1.08 bits per heavy atom. The van der Waals surface area contributed by atoms with Crippen molar-refractivity contribution in [2.24, 2.45) is 5.14 Å². The molecule has 1 rings (SSSR count). The molecule has 0 saturated heterocycles. The first-order valence-corrected chi connectivity index (χ1v) is 4.23. The lowest BCUT2D eigenvalue weighted by atomic mass is 10.4.